The highest BCUT2D eigenvalue weighted by atomic mass is 127. The zero-order valence-electron chi connectivity index (χ0n) is 9.02. The van der Waals surface area contributed by atoms with E-state index in [2.05, 4.69) is 22.6 Å². The Morgan fingerprint density at radius 1 is 0.938 bits per heavy atom. The number of aliphatic hydroxyl groups is 1. The van der Waals surface area contributed by atoms with Gasteiger partial charge in [-0.2, -0.15) is 0 Å². The summed E-state index contributed by atoms with van der Waals surface area (Å²) in [6, 6.07) is 17.7. The Morgan fingerprint density at radius 2 is 1.56 bits per heavy atom. The second-order valence-corrected chi connectivity index (χ2v) is 5.42. The molecule has 2 rings (SSSR count). The van der Waals surface area contributed by atoms with Gasteiger partial charge in [-0.15, -0.1) is 0 Å². The van der Waals surface area contributed by atoms with Crippen LogP contribution in [0.5, 0.6) is 0 Å². The Kier molecular flexibility index (Phi) is 3.35. The Balaban J connectivity index is 2.47. The topological polar surface area (TPSA) is 20.2 Å². The fourth-order valence-corrected chi connectivity index (χ4v) is 2.37. The molecule has 0 aromatic heterocycles. The van der Waals surface area contributed by atoms with Crippen LogP contribution in [0.3, 0.4) is 0 Å². The van der Waals surface area contributed by atoms with Gasteiger partial charge in [0.2, 0.25) is 0 Å². The van der Waals surface area contributed by atoms with Crippen LogP contribution < -0.4 is 5.46 Å². The fraction of sp³-hybridized carbons (Fsp3) is 0.0769. The van der Waals surface area contributed by atoms with Gasteiger partial charge < -0.3 is 5.11 Å². The molecule has 1 atom stereocenters. The van der Waals surface area contributed by atoms with E-state index in [4.69, 9.17) is 0 Å². The Bertz CT molecular complexity index is 482. The van der Waals surface area contributed by atoms with Gasteiger partial charge in [-0.1, -0.05) is 60.1 Å². The molecule has 1 nitrogen and oxygen atoms in total. The first-order valence-corrected chi connectivity index (χ1v) is 6.22. The molecule has 16 heavy (non-hydrogen) atoms. The molecule has 3 heteroatoms. The number of halogens is 1. The molecule has 2 aromatic carbocycles. The van der Waals surface area contributed by atoms with Crippen LogP contribution in [-0.4, -0.2) is 13.0 Å². The fourth-order valence-electron chi connectivity index (χ4n) is 1.68. The van der Waals surface area contributed by atoms with Crippen molar-refractivity contribution in [2.24, 2.45) is 0 Å². The molecule has 0 amide bonds. The SMILES string of the molecule is Bc1cccc(C(O)(I)c2ccccc2)c1. The van der Waals surface area contributed by atoms with E-state index in [0.29, 0.717) is 0 Å². The van der Waals surface area contributed by atoms with Crippen LogP contribution in [0, 0.1) is 0 Å². The van der Waals surface area contributed by atoms with Gasteiger partial charge in [-0.25, -0.2) is 0 Å². The van der Waals surface area contributed by atoms with Gasteiger partial charge >= 0.3 is 0 Å². The normalized spacial score (nSPS) is 14.4. The average molecular weight is 322 g/mol. The molecule has 0 saturated heterocycles. The third kappa shape index (κ3) is 2.30. The Morgan fingerprint density at radius 3 is 2.19 bits per heavy atom. The smallest absolute Gasteiger partial charge is 0.166 e. The quantitative estimate of drug-likeness (QED) is 0.506. The van der Waals surface area contributed by atoms with E-state index in [1.165, 1.54) is 0 Å². The molecule has 0 heterocycles. The minimum absolute atomic E-state index is 0.904. The molecule has 0 radical (unpaired) electrons. The molecule has 0 aliphatic rings. The van der Waals surface area contributed by atoms with Crippen molar-refractivity contribution in [1.29, 1.82) is 0 Å². The maximum Gasteiger partial charge on any atom is 0.166 e. The minimum atomic E-state index is -0.953. The summed E-state index contributed by atoms with van der Waals surface area (Å²) in [5, 5.41) is 10.6. The lowest BCUT2D eigenvalue weighted by Crippen LogP contribution is -2.20. The third-order valence-electron chi connectivity index (χ3n) is 2.56. The van der Waals surface area contributed by atoms with E-state index in [9.17, 15) is 5.11 Å². The van der Waals surface area contributed by atoms with Crippen LogP contribution in [0.4, 0.5) is 0 Å². The van der Waals surface area contributed by atoms with Gasteiger partial charge in [0.15, 0.2) is 3.61 Å². The molecule has 1 unspecified atom stereocenters. The summed E-state index contributed by atoms with van der Waals surface area (Å²) in [4.78, 5) is 0. The van der Waals surface area contributed by atoms with Gasteiger partial charge in [0.05, 0.1) is 0 Å². The van der Waals surface area contributed by atoms with Crippen molar-refractivity contribution in [2.45, 2.75) is 3.61 Å². The lowest BCUT2D eigenvalue weighted by atomic mass is 9.91. The summed E-state index contributed by atoms with van der Waals surface area (Å²) < 4.78 is -0.953. The first-order chi connectivity index (χ1) is 7.60. The van der Waals surface area contributed by atoms with E-state index < -0.39 is 3.61 Å². The first kappa shape index (κ1) is 11.7. The van der Waals surface area contributed by atoms with Crippen molar-refractivity contribution < 1.29 is 5.11 Å². The van der Waals surface area contributed by atoms with E-state index >= 15 is 0 Å². The van der Waals surface area contributed by atoms with Crippen LogP contribution >= 0.6 is 22.6 Å². The predicted octanol–water partition coefficient (Wildman–Crippen LogP) is 1.57. The second-order valence-electron chi connectivity index (χ2n) is 3.86. The Hall–Kier alpha value is -0.805. The lowest BCUT2D eigenvalue weighted by molar-refractivity contribution is 0.200. The minimum Gasteiger partial charge on any atom is -0.371 e. The predicted molar refractivity (Wildman–Crippen MR) is 78.1 cm³/mol. The van der Waals surface area contributed by atoms with Crippen molar-refractivity contribution in [3.63, 3.8) is 0 Å². The molecular formula is C13H12BIO. The molecule has 2 aromatic rings. The highest BCUT2D eigenvalue weighted by Crippen LogP contribution is 2.35. The lowest BCUT2D eigenvalue weighted by Gasteiger charge is -2.22. The second kappa shape index (κ2) is 4.59. The first-order valence-electron chi connectivity index (χ1n) is 5.14. The summed E-state index contributed by atoms with van der Waals surface area (Å²) in [5.41, 5.74) is 2.98. The van der Waals surface area contributed by atoms with Gasteiger partial charge in [0, 0.05) is 0 Å². The van der Waals surface area contributed by atoms with Crippen molar-refractivity contribution in [1.82, 2.24) is 0 Å². The van der Waals surface area contributed by atoms with Gasteiger partial charge in [0.1, 0.15) is 7.85 Å². The maximum atomic E-state index is 10.6. The zero-order chi connectivity index (χ0) is 11.6. The monoisotopic (exact) mass is 322 g/mol. The number of rotatable bonds is 2. The molecule has 0 spiro atoms. The van der Waals surface area contributed by atoms with Crippen LogP contribution in [0.1, 0.15) is 11.1 Å². The summed E-state index contributed by atoms with van der Waals surface area (Å²) in [6.45, 7) is 0. The maximum absolute atomic E-state index is 10.6. The Labute approximate surface area is 110 Å². The van der Waals surface area contributed by atoms with E-state index in [1.54, 1.807) is 0 Å². The van der Waals surface area contributed by atoms with Crippen molar-refractivity contribution in [2.75, 3.05) is 0 Å². The number of hydrogen-bond donors (Lipinski definition) is 1. The molecule has 80 valence electrons. The summed E-state index contributed by atoms with van der Waals surface area (Å²) >= 11 is 2.08. The van der Waals surface area contributed by atoms with Crippen molar-refractivity contribution in [3.05, 3.63) is 65.7 Å². The molecule has 0 aliphatic carbocycles. The number of benzene rings is 2. The van der Waals surface area contributed by atoms with E-state index in [1.807, 2.05) is 62.4 Å². The summed E-state index contributed by atoms with van der Waals surface area (Å²) in [7, 11) is 2.03. The molecule has 1 N–H and O–H groups in total. The third-order valence-corrected chi connectivity index (χ3v) is 3.80. The van der Waals surface area contributed by atoms with Crippen molar-refractivity contribution >= 4 is 35.9 Å². The molecule has 0 aliphatic heterocycles. The number of alkyl halides is 1. The molecule has 0 fully saturated rings. The van der Waals surface area contributed by atoms with E-state index in [-0.39, 0.29) is 0 Å². The zero-order valence-corrected chi connectivity index (χ0v) is 11.2. The van der Waals surface area contributed by atoms with Gasteiger partial charge in [0.25, 0.3) is 0 Å². The van der Waals surface area contributed by atoms with Crippen LogP contribution in [0.2, 0.25) is 0 Å². The summed E-state index contributed by atoms with van der Waals surface area (Å²) in [6.07, 6.45) is 0. The highest BCUT2D eigenvalue weighted by Gasteiger charge is 2.27. The standard InChI is InChI=1S/C13H12BIO/c14-12-8-4-7-11(9-12)13(15,16)10-5-2-1-3-6-10/h1-9,16H,14H2. The molecule has 0 bridgehead atoms. The average Bonchev–Trinajstić information content (AvgIpc) is 2.30. The largest absolute Gasteiger partial charge is 0.371 e. The van der Waals surface area contributed by atoms with Gasteiger partial charge in [-0.3, -0.25) is 0 Å². The van der Waals surface area contributed by atoms with Crippen LogP contribution in [-0.2, 0) is 3.61 Å². The summed E-state index contributed by atoms with van der Waals surface area (Å²) in [5.74, 6) is 0. The van der Waals surface area contributed by atoms with Crippen LogP contribution in [0.15, 0.2) is 54.6 Å². The molecular weight excluding hydrogens is 310 g/mol. The van der Waals surface area contributed by atoms with Crippen molar-refractivity contribution in [3.8, 4) is 0 Å². The number of hydrogen-bond acceptors (Lipinski definition) is 1. The van der Waals surface area contributed by atoms with Gasteiger partial charge in [-0.05, 0) is 33.7 Å². The highest BCUT2D eigenvalue weighted by molar-refractivity contribution is 14.1. The molecule has 0 saturated carbocycles. The van der Waals surface area contributed by atoms with Crippen LogP contribution in [0.25, 0.3) is 0 Å². The van der Waals surface area contributed by atoms with E-state index in [0.717, 1.165) is 16.6 Å².